The molecular formula is C24H29BrCl2N2O3. The zero-order chi connectivity index (χ0) is 23.7. The topological polar surface area (TPSA) is 58.6 Å². The summed E-state index contributed by atoms with van der Waals surface area (Å²) >= 11 is 15.6. The molecule has 0 aliphatic rings. The second-order valence-electron chi connectivity index (χ2n) is 7.50. The Morgan fingerprint density at radius 2 is 1.81 bits per heavy atom. The smallest absolute Gasteiger partial charge is 0.261 e. The van der Waals surface area contributed by atoms with Gasteiger partial charge in [-0.05, 0) is 71.1 Å². The number of nitrogens with one attached hydrogen (secondary N) is 1. The lowest BCUT2D eigenvalue weighted by Gasteiger charge is -2.29. The van der Waals surface area contributed by atoms with Crippen LogP contribution in [0.1, 0.15) is 44.7 Å². The molecule has 0 fully saturated rings. The molecule has 8 heteroatoms. The van der Waals surface area contributed by atoms with Gasteiger partial charge < -0.3 is 15.0 Å². The van der Waals surface area contributed by atoms with Crippen molar-refractivity contribution in [1.29, 1.82) is 0 Å². The molecule has 1 N–H and O–H groups in total. The summed E-state index contributed by atoms with van der Waals surface area (Å²) in [7, 11) is 0. The number of ether oxygens (including phenoxy) is 1. The lowest BCUT2D eigenvalue weighted by Crippen LogP contribution is -2.49. The monoisotopic (exact) mass is 542 g/mol. The second-order valence-corrected chi connectivity index (χ2v) is 9.17. The van der Waals surface area contributed by atoms with Crippen molar-refractivity contribution in [2.75, 3.05) is 13.2 Å². The van der Waals surface area contributed by atoms with Gasteiger partial charge in [0, 0.05) is 13.1 Å². The molecule has 2 rings (SSSR count). The minimum atomic E-state index is -0.677. The first-order valence-electron chi connectivity index (χ1n) is 10.7. The Morgan fingerprint density at radius 3 is 2.44 bits per heavy atom. The fourth-order valence-corrected chi connectivity index (χ4v) is 3.92. The number of benzene rings is 2. The highest BCUT2D eigenvalue weighted by molar-refractivity contribution is 9.10. The molecule has 0 bridgehead atoms. The van der Waals surface area contributed by atoms with Gasteiger partial charge in [-0.1, -0.05) is 55.6 Å². The molecule has 0 saturated heterocycles. The van der Waals surface area contributed by atoms with Gasteiger partial charge in [-0.3, -0.25) is 9.59 Å². The fraction of sp³-hybridized carbons (Fsp3) is 0.417. The summed E-state index contributed by atoms with van der Waals surface area (Å²) in [4.78, 5) is 27.3. The third-order valence-corrected chi connectivity index (χ3v) is 6.45. The second kappa shape index (κ2) is 13.1. The molecule has 2 aromatic carbocycles. The largest absolute Gasteiger partial charge is 0.483 e. The van der Waals surface area contributed by atoms with Crippen molar-refractivity contribution in [2.45, 2.75) is 52.6 Å². The Kier molecular flexibility index (Phi) is 10.8. The lowest BCUT2D eigenvalue weighted by atomic mass is 10.1. The first-order valence-corrected chi connectivity index (χ1v) is 12.2. The highest BCUT2D eigenvalue weighted by Gasteiger charge is 2.26. The Balaban J connectivity index is 2.16. The molecule has 0 spiro atoms. The molecule has 0 radical (unpaired) electrons. The maximum Gasteiger partial charge on any atom is 0.261 e. The zero-order valence-corrected chi connectivity index (χ0v) is 21.7. The molecule has 174 valence electrons. The predicted molar refractivity (Wildman–Crippen MR) is 133 cm³/mol. The van der Waals surface area contributed by atoms with Crippen LogP contribution in [0.15, 0.2) is 40.9 Å². The van der Waals surface area contributed by atoms with E-state index in [0.717, 1.165) is 34.9 Å². The van der Waals surface area contributed by atoms with Crippen LogP contribution in [0.2, 0.25) is 10.0 Å². The van der Waals surface area contributed by atoms with E-state index >= 15 is 0 Å². The lowest BCUT2D eigenvalue weighted by molar-refractivity contribution is -0.142. The average molecular weight is 544 g/mol. The van der Waals surface area contributed by atoms with Gasteiger partial charge in [0.05, 0.1) is 14.5 Å². The highest BCUT2D eigenvalue weighted by atomic mass is 79.9. The third-order valence-electron chi connectivity index (χ3n) is 5.09. The normalized spacial score (nSPS) is 11.7. The number of rotatable bonds is 11. The van der Waals surface area contributed by atoms with Gasteiger partial charge in [-0.15, -0.1) is 0 Å². The average Bonchev–Trinajstić information content (AvgIpc) is 2.78. The van der Waals surface area contributed by atoms with Crippen molar-refractivity contribution in [3.63, 3.8) is 0 Å². The number of aryl methyl sites for hydroxylation is 1. The van der Waals surface area contributed by atoms with E-state index in [9.17, 15) is 9.59 Å². The van der Waals surface area contributed by atoms with Gasteiger partial charge in [0.2, 0.25) is 5.91 Å². The molecule has 5 nitrogen and oxygen atoms in total. The van der Waals surface area contributed by atoms with Gasteiger partial charge in [0.15, 0.2) is 6.61 Å². The van der Waals surface area contributed by atoms with E-state index in [1.165, 1.54) is 4.90 Å². The SMILES string of the molecule is CCCCNC(=O)C(C)N(Cc1ccc(Cl)c(Cl)c1)C(=O)COc1ccc(CC)cc1Br. The van der Waals surface area contributed by atoms with Crippen molar-refractivity contribution in [2.24, 2.45) is 0 Å². The molecule has 0 aliphatic carbocycles. The van der Waals surface area contributed by atoms with E-state index in [1.807, 2.05) is 18.2 Å². The van der Waals surface area contributed by atoms with Crippen LogP contribution < -0.4 is 10.1 Å². The van der Waals surface area contributed by atoms with Crippen LogP contribution >= 0.6 is 39.1 Å². The molecule has 0 saturated carbocycles. The Bertz CT molecular complexity index is 939. The summed E-state index contributed by atoms with van der Waals surface area (Å²) < 4.78 is 6.55. The van der Waals surface area contributed by atoms with Crippen molar-refractivity contribution < 1.29 is 14.3 Å². The number of hydrogen-bond donors (Lipinski definition) is 1. The number of unbranched alkanes of at least 4 members (excludes halogenated alkanes) is 1. The summed E-state index contributed by atoms with van der Waals surface area (Å²) in [6.45, 7) is 6.41. The molecule has 0 heterocycles. The summed E-state index contributed by atoms with van der Waals surface area (Å²) in [5, 5.41) is 3.72. The summed E-state index contributed by atoms with van der Waals surface area (Å²) in [5.41, 5.74) is 1.93. The van der Waals surface area contributed by atoms with Crippen LogP contribution in [0.3, 0.4) is 0 Å². The van der Waals surface area contributed by atoms with Crippen LogP contribution in [0.5, 0.6) is 5.75 Å². The highest BCUT2D eigenvalue weighted by Crippen LogP contribution is 2.27. The van der Waals surface area contributed by atoms with E-state index in [-0.39, 0.29) is 25.0 Å². The maximum absolute atomic E-state index is 13.1. The molecule has 32 heavy (non-hydrogen) atoms. The number of nitrogens with zero attached hydrogens (tertiary/aromatic N) is 1. The van der Waals surface area contributed by atoms with Crippen molar-refractivity contribution >= 4 is 50.9 Å². The molecule has 2 aromatic rings. The van der Waals surface area contributed by atoms with Gasteiger partial charge in [-0.2, -0.15) is 0 Å². The maximum atomic E-state index is 13.1. The zero-order valence-electron chi connectivity index (χ0n) is 18.6. The predicted octanol–water partition coefficient (Wildman–Crippen LogP) is 6.03. The molecule has 0 aliphatic heterocycles. The van der Waals surface area contributed by atoms with Gasteiger partial charge in [0.25, 0.3) is 5.91 Å². The first-order chi connectivity index (χ1) is 15.3. The third kappa shape index (κ3) is 7.68. The quantitative estimate of drug-likeness (QED) is 0.352. The number of amides is 2. The Morgan fingerprint density at radius 1 is 1.09 bits per heavy atom. The van der Waals surface area contributed by atoms with Gasteiger partial charge >= 0.3 is 0 Å². The van der Waals surface area contributed by atoms with E-state index in [0.29, 0.717) is 22.3 Å². The Labute approximate surface area is 208 Å². The number of carbonyl (C=O) groups excluding carboxylic acids is 2. The number of carbonyl (C=O) groups is 2. The summed E-state index contributed by atoms with van der Waals surface area (Å²) in [6.07, 6.45) is 2.75. The van der Waals surface area contributed by atoms with Crippen LogP contribution in [0, 0.1) is 0 Å². The molecule has 1 atom stereocenters. The number of hydrogen-bond acceptors (Lipinski definition) is 3. The van der Waals surface area contributed by atoms with E-state index in [1.54, 1.807) is 25.1 Å². The summed E-state index contributed by atoms with van der Waals surface area (Å²) in [6, 6.07) is 10.3. The summed E-state index contributed by atoms with van der Waals surface area (Å²) in [5.74, 6) is 0.0612. The van der Waals surface area contributed by atoms with Crippen LogP contribution in [-0.4, -0.2) is 35.9 Å². The fourth-order valence-electron chi connectivity index (χ4n) is 3.06. The van der Waals surface area contributed by atoms with E-state index < -0.39 is 6.04 Å². The van der Waals surface area contributed by atoms with Crippen LogP contribution in [0.4, 0.5) is 0 Å². The minimum absolute atomic E-state index is 0.196. The van der Waals surface area contributed by atoms with Crippen LogP contribution in [0.25, 0.3) is 0 Å². The Hall–Kier alpha value is -1.76. The van der Waals surface area contributed by atoms with E-state index in [4.69, 9.17) is 27.9 Å². The first kappa shape index (κ1) is 26.5. The molecule has 2 amide bonds. The van der Waals surface area contributed by atoms with Crippen molar-refractivity contribution in [1.82, 2.24) is 10.2 Å². The standard InChI is InChI=1S/C24H29BrCl2N2O3/c1-4-6-11-28-24(31)16(3)29(14-18-7-9-20(26)21(27)13-18)23(30)15-32-22-10-8-17(5-2)12-19(22)25/h7-10,12-13,16H,4-6,11,14-15H2,1-3H3,(H,28,31). The van der Waals surface area contributed by atoms with Crippen LogP contribution in [-0.2, 0) is 22.6 Å². The van der Waals surface area contributed by atoms with Crippen molar-refractivity contribution in [3.05, 3.63) is 62.0 Å². The molecule has 1 unspecified atom stereocenters. The van der Waals surface area contributed by atoms with Gasteiger partial charge in [0.1, 0.15) is 11.8 Å². The molecule has 0 aromatic heterocycles. The number of halogens is 3. The van der Waals surface area contributed by atoms with Gasteiger partial charge in [-0.25, -0.2) is 0 Å². The van der Waals surface area contributed by atoms with E-state index in [2.05, 4.69) is 35.1 Å². The van der Waals surface area contributed by atoms with Crippen molar-refractivity contribution in [3.8, 4) is 5.75 Å². The molecular weight excluding hydrogens is 515 g/mol. The minimum Gasteiger partial charge on any atom is -0.483 e.